The molecule has 0 saturated carbocycles. The maximum atomic E-state index is 11.4. The van der Waals surface area contributed by atoms with Gasteiger partial charge < -0.3 is 4.74 Å². The van der Waals surface area contributed by atoms with E-state index in [4.69, 9.17) is 0 Å². The van der Waals surface area contributed by atoms with Crippen molar-refractivity contribution in [3.8, 4) is 0 Å². The number of hydrogen-bond acceptors (Lipinski definition) is 4. The lowest BCUT2D eigenvalue weighted by atomic mass is 10.2. The number of hydrogen-bond donors (Lipinski definition) is 0. The number of esters is 2. The van der Waals surface area contributed by atoms with Crippen LogP contribution in [0.1, 0.15) is 36.0 Å². The SMILES string of the molecule is C=CCCCCC(=O)OC(=O)c1cccnc1. The van der Waals surface area contributed by atoms with E-state index in [0.29, 0.717) is 6.42 Å². The first kappa shape index (κ1) is 13.1. The van der Waals surface area contributed by atoms with Crippen LogP contribution >= 0.6 is 0 Å². The molecule has 4 nitrogen and oxygen atoms in total. The van der Waals surface area contributed by atoms with Crippen LogP contribution in [0.25, 0.3) is 0 Å². The molecule has 90 valence electrons. The Morgan fingerprint density at radius 3 is 2.88 bits per heavy atom. The van der Waals surface area contributed by atoms with E-state index in [9.17, 15) is 9.59 Å². The summed E-state index contributed by atoms with van der Waals surface area (Å²) < 4.78 is 4.67. The fraction of sp³-hybridized carbons (Fsp3) is 0.308. The Balaban J connectivity index is 2.31. The van der Waals surface area contributed by atoms with E-state index >= 15 is 0 Å². The van der Waals surface area contributed by atoms with Crippen molar-refractivity contribution in [3.05, 3.63) is 42.7 Å². The van der Waals surface area contributed by atoms with Crippen LogP contribution in [0.2, 0.25) is 0 Å². The van der Waals surface area contributed by atoms with Crippen LogP contribution in [0, 0.1) is 0 Å². The molecule has 0 aliphatic carbocycles. The first-order valence-corrected chi connectivity index (χ1v) is 5.50. The summed E-state index contributed by atoms with van der Waals surface area (Å²) in [6, 6.07) is 3.17. The second-order valence-corrected chi connectivity index (χ2v) is 3.54. The largest absolute Gasteiger partial charge is 0.389 e. The zero-order chi connectivity index (χ0) is 12.5. The Hall–Kier alpha value is -1.97. The van der Waals surface area contributed by atoms with Crippen LogP contribution in [-0.4, -0.2) is 16.9 Å². The molecule has 0 bridgehead atoms. The molecule has 0 spiro atoms. The van der Waals surface area contributed by atoms with Gasteiger partial charge in [-0.3, -0.25) is 9.78 Å². The molecule has 0 unspecified atom stereocenters. The summed E-state index contributed by atoms with van der Waals surface area (Å²) in [4.78, 5) is 26.5. The molecule has 0 N–H and O–H groups in total. The maximum Gasteiger partial charge on any atom is 0.347 e. The van der Waals surface area contributed by atoms with Crippen LogP contribution < -0.4 is 0 Å². The highest BCUT2D eigenvalue weighted by Gasteiger charge is 2.12. The monoisotopic (exact) mass is 233 g/mol. The van der Waals surface area contributed by atoms with Gasteiger partial charge in [-0.25, -0.2) is 4.79 Å². The Labute approximate surface area is 100 Å². The normalized spacial score (nSPS) is 9.65. The van der Waals surface area contributed by atoms with E-state index in [1.165, 1.54) is 6.20 Å². The second kappa shape index (κ2) is 7.33. The summed E-state index contributed by atoms with van der Waals surface area (Å²) in [6.45, 7) is 3.59. The van der Waals surface area contributed by atoms with Crippen molar-refractivity contribution in [2.45, 2.75) is 25.7 Å². The lowest BCUT2D eigenvalue weighted by molar-refractivity contribution is -0.138. The standard InChI is InChI=1S/C13H15NO3/c1-2-3-4-5-8-12(15)17-13(16)11-7-6-9-14-10-11/h2,6-7,9-10H,1,3-5,8H2. The van der Waals surface area contributed by atoms with Crippen LogP contribution in [0.3, 0.4) is 0 Å². The third kappa shape index (κ3) is 5.06. The lowest BCUT2D eigenvalue weighted by Gasteiger charge is -2.02. The van der Waals surface area contributed by atoms with Crippen molar-refractivity contribution < 1.29 is 14.3 Å². The molecule has 0 aliphatic rings. The van der Waals surface area contributed by atoms with Gasteiger partial charge in [0.1, 0.15) is 0 Å². The van der Waals surface area contributed by atoms with Gasteiger partial charge in [0, 0.05) is 18.8 Å². The molecule has 1 rings (SSSR count). The van der Waals surface area contributed by atoms with Gasteiger partial charge in [0.25, 0.3) is 0 Å². The molecule has 0 atom stereocenters. The smallest absolute Gasteiger partial charge is 0.347 e. The number of pyridine rings is 1. The number of nitrogens with zero attached hydrogens (tertiary/aromatic N) is 1. The Morgan fingerprint density at radius 1 is 1.41 bits per heavy atom. The molecule has 0 radical (unpaired) electrons. The highest BCUT2D eigenvalue weighted by Crippen LogP contribution is 2.04. The van der Waals surface area contributed by atoms with Crippen molar-refractivity contribution in [1.29, 1.82) is 0 Å². The Kier molecular flexibility index (Phi) is 5.64. The van der Waals surface area contributed by atoms with Gasteiger partial charge in [-0.1, -0.05) is 6.08 Å². The average molecular weight is 233 g/mol. The van der Waals surface area contributed by atoms with E-state index in [1.807, 2.05) is 0 Å². The first-order chi connectivity index (χ1) is 8.24. The topological polar surface area (TPSA) is 56.3 Å². The predicted octanol–water partition coefficient (Wildman–Crippen LogP) is 2.51. The quantitative estimate of drug-likeness (QED) is 0.328. The van der Waals surface area contributed by atoms with Gasteiger partial charge in [0.05, 0.1) is 5.56 Å². The number of rotatable bonds is 6. The van der Waals surface area contributed by atoms with E-state index in [1.54, 1.807) is 24.4 Å². The summed E-state index contributed by atoms with van der Waals surface area (Å²) in [5.74, 6) is -1.14. The van der Waals surface area contributed by atoms with Gasteiger partial charge in [-0.15, -0.1) is 6.58 Å². The van der Waals surface area contributed by atoms with Crippen LogP contribution in [-0.2, 0) is 9.53 Å². The van der Waals surface area contributed by atoms with Gasteiger partial charge in [0.15, 0.2) is 0 Å². The highest BCUT2D eigenvalue weighted by atomic mass is 16.6. The minimum atomic E-state index is -0.646. The van der Waals surface area contributed by atoms with Crippen molar-refractivity contribution in [3.63, 3.8) is 0 Å². The minimum Gasteiger partial charge on any atom is -0.389 e. The number of carbonyl (C=O) groups excluding carboxylic acids is 2. The fourth-order valence-corrected chi connectivity index (χ4v) is 1.25. The number of aromatic nitrogens is 1. The minimum absolute atomic E-state index is 0.250. The maximum absolute atomic E-state index is 11.4. The van der Waals surface area contributed by atoms with E-state index in [2.05, 4.69) is 16.3 Å². The van der Waals surface area contributed by atoms with Gasteiger partial charge >= 0.3 is 11.9 Å². The van der Waals surface area contributed by atoms with Crippen LogP contribution in [0.15, 0.2) is 37.2 Å². The Bertz CT molecular complexity index is 387. The molecule has 1 aromatic rings. The molecular formula is C13H15NO3. The zero-order valence-electron chi connectivity index (χ0n) is 9.59. The molecule has 1 aromatic heterocycles. The molecule has 1 heterocycles. The van der Waals surface area contributed by atoms with Gasteiger partial charge in [-0.2, -0.15) is 0 Å². The van der Waals surface area contributed by atoms with Crippen LogP contribution in [0.4, 0.5) is 0 Å². The number of unbranched alkanes of at least 4 members (excludes halogenated alkanes) is 2. The number of allylic oxidation sites excluding steroid dienone is 1. The lowest BCUT2D eigenvalue weighted by Crippen LogP contribution is -2.12. The molecule has 0 fully saturated rings. The molecule has 0 amide bonds. The molecule has 17 heavy (non-hydrogen) atoms. The van der Waals surface area contributed by atoms with E-state index in [-0.39, 0.29) is 12.0 Å². The summed E-state index contributed by atoms with van der Waals surface area (Å²) in [7, 11) is 0. The summed E-state index contributed by atoms with van der Waals surface area (Å²) in [5.41, 5.74) is 0.284. The summed E-state index contributed by atoms with van der Waals surface area (Å²) in [6.07, 6.45) is 7.40. The van der Waals surface area contributed by atoms with Crippen molar-refractivity contribution >= 4 is 11.9 Å². The molecule has 0 aliphatic heterocycles. The third-order valence-electron chi connectivity index (χ3n) is 2.14. The van der Waals surface area contributed by atoms with E-state index in [0.717, 1.165) is 12.8 Å². The summed E-state index contributed by atoms with van der Waals surface area (Å²) in [5, 5.41) is 0. The predicted molar refractivity (Wildman–Crippen MR) is 63.3 cm³/mol. The summed E-state index contributed by atoms with van der Waals surface area (Å²) >= 11 is 0. The van der Waals surface area contributed by atoms with Crippen molar-refractivity contribution in [1.82, 2.24) is 4.98 Å². The molecular weight excluding hydrogens is 218 g/mol. The number of carbonyl (C=O) groups is 2. The third-order valence-corrected chi connectivity index (χ3v) is 2.14. The van der Waals surface area contributed by atoms with Gasteiger partial charge in [-0.05, 0) is 31.4 Å². The molecule has 4 heteroatoms. The highest BCUT2D eigenvalue weighted by molar-refractivity contribution is 5.96. The van der Waals surface area contributed by atoms with Crippen molar-refractivity contribution in [2.24, 2.45) is 0 Å². The number of ether oxygens (including phenoxy) is 1. The Morgan fingerprint density at radius 2 is 2.24 bits per heavy atom. The average Bonchev–Trinajstić information content (AvgIpc) is 2.36. The van der Waals surface area contributed by atoms with Gasteiger partial charge in [0.2, 0.25) is 0 Å². The van der Waals surface area contributed by atoms with Crippen molar-refractivity contribution in [2.75, 3.05) is 0 Å². The molecule has 0 aromatic carbocycles. The van der Waals surface area contributed by atoms with E-state index < -0.39 is 11.9 Å². The second-order valence-electron chi connectivity index (χ2n) is 3.54. The zero-order valence-corrected chi connectivity index (χ0v) is 9.59. The van der Waals surface area contributed by atoms with Crippen LogP contribution in [0.5, 0.6) is 0 Å². The fourth-order valence-electron chi connectivity index (χ4n) is 1.25. The first-order valence-electron chi connectivity index (χ1n) is 5.50. The molecule has 0 saturated heterocycles.